The normalized spacial score (nSPS) is 18.8. The average Bonchev–Trinajstić information content (AvgIpc) is 3.27. The molecule has 29 heavy (non-hydrogen) atoms. The van der Waals surface area contributed by atoms with Gasteiger partial charge in [0.05, 0.1) is 17.9 Å². The maximum absolute atomic E-state index is 12.8. The highest BCUT2D eigenvalue weighted by Crippen LogP contribution is 2.39. The number of aliphatic hydroxyl groups excluding tert-OH is 1. The fraction of sp³-hybridized carbons (Fsp3) is 0.364. The lowest BCUT2D eigenvalue weighted by atomic mass is 9.99. The quantitative estimate of drug-likeness (QED) is 0.438. The predicted octanol–water partition coefficient (Wildman–Crippen LogP) is 3.05. The Morgan fingerprint density at radius 2 is 1.90 bits per heavy atom. The van der Waals surface area contributed by atoms with Crippen molar-refractivity contribution in [2.45, 2.75) is 26.0 Å². The fourth-order valence-corrected chi connectivity index (χ4v) is 3.28. The van der Waals surface area contributed by atoms with Crippen LogP contribution in [0.4, 0.5) is 0 Å². The van der Waals surface area contributed by atoms with Crippen LogP contribution in [0.3, 0.4) is 0 Å². The highest BCUT2D eigenvalue weighted by molar-refractivity contribution is 6.46. The smallest absolute Gasteiger partial charge is 0.295 e. The van der Waals surface area contributed by atoms with Crippen LogP contribution in [0, 0.1) is 0 Å². The second-order valence-electron chi connectivity index (χ2n) is 7.50. The number of ketones is 1. The third-order valence-electron chi connectivity index (χ3n) is 4.64. The Morgan fingerprint density at radius 3 is 2.45 bits per heavy atom. The zero-order chi connectivity index (χ0) is 21.1. The van der Waals surface area contributed by atoms with Crippen LogP contribution >= 0.6 is 0 Å². The van der Waals surface area contributed by atoms with Gasteiger partial charge < -0.3 is 24.1 Å². The number of likely N-dealkylation sites (tertiary alicyclic amines) is 1. The Bertz CT molecular complexity index is 898. The monoisotopic (exact) mass is 398 g/mol. The van der Waals surface area contributed by atoms with Crippen molar-refractivity contribution in [2.24, 2.45) is 0 Å². The van der Waals surface area contributed by atoms with Crippen molar-refractivity contribution in [3.63, 3.8) is 0 Å². The summed E-state index contributed by atoms with van der Waals surface area (Å²) in [4.78, 5) is 28.9. The van der Waals surface area contributed by atoms with E-state index in [4.69, 9.17) is 9.15 Å². The number of ether oxygens (including phenoxy) is 1. The van der Waals surface area contributed by atoms with Crippen LogP contribution in [0.2, 0.25) is 0 Å². The molecule has 2 heterocycles. The van der Waals surface area contributed by atoms with Crippen molar-refractivity contribution in [2.75, 3.05) is 27.2 Å². The van der Waals surface area contributed by atoms with Gasteiger partial charge in [-0.15, -0.1) is 0 Å². The number of aliphatic hydroxyl groups is 1. The van der Waals surface area contributed by atoms with Crippen LogP contribution in [-0.4, -0.2) is 59.9 Å². The molecule has 0 radical (unpaired) electrons. The minimum absolute atomic E-state index is 0.0235. The Morgan fingerprint density at radius 1 is 1.21 bits per heavy atom. The molecule has 1 aliphatic rings. The average molecular weight is 398 g/mol. The molecular weight excluding hydrogens is 372 g/mol. The molecule has 1 atom stereocenters. The largest absolute Gasteiger partial charge is 0.507 e. The van der Waals surface area contributed by atoms with Crippen LogP contribution in [0.5, 0.6) is 5.75 Å². The van der Waals surface area contributed by atoms with E-state index in [1.807, 2.05) is 32.8 Å². The van der Waals surface area contributed by atoms with E-state index in [2.05, 4.69) is 0 Å². The number of hydrogen-bond acceptors (Lipinski definition) is 6. The molecule has 1 N–H and O–H groups in total. The van der Waals surface area contributed by atoms with E-state index in [1.165, 1.54) is 11.2 Å². The number of carbonyl (C=O) groups is 2. The molecule has 154 valence electrons. The number of hydrogen-bond donors (Lipinski definition) is 1. The highest BCUT2D eigenvalue weighted by atomic mass is 16.5. The summed E-state index contributed by atoms with van der Waals surface area (Å²) in [6.45, 7) is 4.76. The van der Waals surface area contributed by atoms with Crippen LogP contribution < -0.4 is 4.74 Å². The first kappa shape index (κ1) is 20.7. The standard InChI is InChI=1S/C22H26N2O5/c1-14(2)29-16-9-7-15(8-10-16)20(25)18-19(17-6-5-13-28-17)24(12-11-23(3)4)22(27)21(18)26/h5-10,13-14,19,25H,11-12H2,1-4H3. The number of rotatable bonds is 7. The van der Waals surface area contributed by atoms with Crippen LogP contribution in [0.25, 0.3) is 5.76 Å². The van der Waals surface area contributed by atoms with Gasteiger partial charge in [0.15, 0.2) is 0 Å². The van der Waals surface area contributed by atoms with Crippen molar-refractivity contribution < 1.29 is 23.8 Å². The summed E-state index contributed by atoms with van der Waals surface area (Å²) in [5, 5.41) is 10.9. The van der Waals surface area contributed by atoms with Crippen molar-refractivity contribution >= 4 is 17.4 Å². The number of furan rings is 1. The fourth-order valence-electron chi connectivity index (χ4n) is 3.28. The summed E-state index contributed by atoms with van der Waals surface area (Å²) in [6.07, 6.45) is 1.51. The molecule has 7 heteroatoms. The second-order valence-corrected chi connectivity index (χ2v) is 7.50. The summed E-state index contributed by atoms with van der Waals surface area (Å²) in [5.41, 5.74) is 0.463. The molecule has 1 fully saturated rings. The zero-order valence-corrected chi connectivity index (χ0v) is 17.1. The van der Waals surface area contributed by atoms with E-state index in [9.17, 15) is 14.7 Å². The molecule has 7 nitrogen and oxygen atoms in total. The first-order valence-corrected chi connectivity index (χ1v) is 9.53. The third-order valence-corrected chi connectivity index (χ3v) is 4.64. The van der Waals surface area contributed by atoms with E-state index < -0.39 is 17.7 Å². The summed E-state index contributed by atoms with van der Waals surface area (Å²) < 4.78 is 11.1. The Labute approximate surface area is 170 Å². The molecule has 1 amide bonds. The minimum Gasteiger partial charge on any atom is -0.507 e. The van der Waals surface area contributed by atoms with Gasteiger partial charge in [-0.25, -0.2) is 0 Å². The van der Waals surface area contributed by atoms with Gasteiger partial charge in [0.25, 0.3) is 11.7 Å². The molecule has 0 aliphatic carbocycles. The molecule has 0 spiro atoms. The van der Waals surface area contributed by atoms with Gasteiger partial charge in [-0.1, -0.05) is 0 Å². The molecular formula is C22H26N2O5. The predicted molar refractivity (Wildman–Crippen MR) is 108 cm³/mol. The van der Waals surface area contributed by atoms with Crippen molar-refractivity contribution in [3.8, 4) is 5.75 Å². The van der Waals surface area contributed by atoms with Gasteiger partial charge >= 0.3 is 0 Å². The number of Topliss-reactive ketones (excluding diaryl/α,β-unsaturated/α-hetero) is 1. The van der Waals surface area contributed by atoms with Gasteiger partial charge in [0, 0.05) is 18.7 Å². The maximum atomic E-state index is 12.8. The number of benzene rings is 1. The summed E-state index contributed by atoms with van der Waals surface area (Å²) in [5.74, 6) is -0.497. The minimum atomic E-state index is -0.767. The van der Waals surface area contributed by atoms with Gasteiger partial charge in [0.2, 0.25) is 0 Å². The van der Waals surface area contributed by atoms with Gasteiger partial charge in [-0.05, 0) is 64.3 Å². The van der Waals surface area contributed by atoms with Crippen LogP contribution in [0.15, 0.2) is 52.7 Å². The summed E-state index contributed by atoms with van der Waals surface area (Å²) >= 11 is 0. The van der Waals surface area contributed by atoms with Crippen molar-refractivity contribution in [1.82, 2.24) is 9.80 Å². The lowest BCUT2D eigenvalue weighted by Crippen LogP contribution is -2.35. The summed E-state index contributed by atoms with van der Waals surface area (Å²) in [6, 6.07) is 9.40. The highest BCUT2D eigenvalue weighted by Gasteiger charge is 2.47. The Balaban J connectivity index is 2.02. The molecule has 0 bridgehead atoms. The molecule has 2 aromatic rings. The van der Waals surface area contributed by atoms with Gasteiger partial charge in [-0.3, -0.25) is 9.59 Å². The SMILES string of the molecule is CC(C)Oc1ccc(C(O)=C2C(=O)C(=O)N(CCN(C)C)C2c2ccco2)cc1. The van der Waals surface area contributed by atoms with Crippen molar-refractivity contribution in [3.05, 3.63) is 59.6 Å². The third kappa shape index (κ3) is 4.35. The second kappa shape index (κ2) is 8.53. The number of amides is 1. The topological polar surface area (TPSA) is 83.2 Å². The van der Waals surface area contributed by atoms with Crippen molar-refractivity contribution in [1.29, 1.82) is 0 Å². The van der Waals surface area contributed by atoms with E-state index in [0.29, 0.717) is 30.2 Å². The number of carbonyl (C=O) groups excluding carboxylic acids is 2. The molecule has 1 saturated heterocycles. The first-order chi connectivity index (χ1) is 13.8. The maximum Gasteiger partial charge on any atom is 0.295 e. The lowest BCUT2D eigenvalue weighted by molar-refractivity contribution is -0.140. The first-order valence-electron chi connectivity index (χ1n) is 9.53. The summed E-state index contributed by atoms with van der Waals surface area (Å²) in [7, 11) is 3.78. The van der Waals surface area contributed by atoms with Crippen LogP contribution in [0.1, 0.15) is 31.2 Å². The van der Waals surface area contributed by atoms with Crippen LogP contribution in [-0.2, 0) is 9.59 Å². The van der Waals surface area contributed by atoms with E-state index >= 15 is 0 Å². The number of nitrogens with zero attached hydrogens (tertiary/aromatic N) is 2. The molecule has 1 aromatic carbocycles. The molecule has 1 aromatic heterocycles. The number of likely N-dealkylation sites (N-methyl/N-ethyl adjacent to an activating group) is 1. The lowest BCUT2D eigenvalue weighted by Gasteiger charge is -2.24. The Hall–Kier alpha value is -3.06. The van der Waals surface area contributed by atoms with Gasteiger partial charge in [-0.2, -0.15) is 0 Å². The molecule has 3 rings (SSSR count). The van der Waals surface area contributed by atoms with E-state index in [-0.39, 0.29) is 17.4 Å². The zero-order valence-electron chi connectivity index (χ0n) is 17.1. The molecule has 1 unspecified atom stereocenters. The Kier molecular flexibility index (Phi) is 6.08. The molecule has 0 saturated carbocycles. The van der Waals surface area contributed by atoms with E-state index in [1.54, 1.807) is 36.4 Å². The molecule has 1 aliphatic heterocycles. The van der Waals surface area contributed by atoms with E-state index in [0.717, 1.165) is 0 Å². The van der Waals surface area contributed by atoms with Gasteiger partial charge in [0.1, 0.15) is 23.3 Å².